The molecule has 4 aromatic rings. The molecule has 0 aliphatic heterocycles. The number of carboxylic acids is 1. The summed E-state index contributed by atoms with van der Waals surface area (Å²) >= 11 is 0. The van der Waals surface area contributed by atoms with Crippen LogP contribution in [0.2, 0.25) is 0 Å². The van der Waals surface area contributed by atoms with Gasteiger partial charge in [0.1, 0.15) is 5.69 Å². The number of aromatic amines is 1. The van der Waals surface area contributed by atoms with E-state index in [0.29, 0.717) is 16.8 Å². The quantitative estimate of drug-likeness (QED) is 0.360. The SMILES string of the molecule is Cc1[nH]n(-c2ccc(F)c(F)c2)c(=O)c1N=Nc1cccc(-c2cccc(C(=O)O)c2)c1O. The van der Waals surface area contributed by atoms with E-state index in [1.165, 1.54) is 24.3 Å². The average molecular weight is 450 g/mol. The first-order chi connectivity index (χ1) is 15.8. The lowest BCUT2D eigenvalue weighted by Gasteiger charge is -2.07. The number of nitrogens with zero attached hydrogens (tertiary/aromatic N) is 3. The zero-order chi connectivity index (χ0) is 23.7. The van der Waals surface area contributed by atoms with Crippen molar-refractivity contribution >= 4 is 17.3 Å². The van der Waals surface area contributed by atoms with Gasteiger partial charge in [0.15, 0.2) is 23.1 Å². The Morgan fingerprint density at radius 2 is 1.76 bits per heavy atom. The van der Waals surface area contributed by atoms with Crippen molar-refractivity contribution in [3.63, 3.8) is 0 Å². The zero-order valence-electron chi connectivity index (χ0n) is 17.1. The number of carbonyl (C=O) groups is 1. The number of aromatic nitrogens is 2. The Hall–Kier alpha value is -4.60. The Kier molecular flexibility index (Phi) is 5.57. The number of phenolic OH excluding ortho intramolecular Hbond substituents is 1. The number of azo groups is 1. The minimum Gasteiger partial charge on any atom is -0.505 e. The topological polar surface area (TPSA) is 120 Å². The van der Waals surface area contributed by atoms with Gasteiger partial charge in [-0.2, -0.15) is 0 Å². The molecule has 3 N–H and O–H groups in total. The maximum atomic E-state index is 13.6. The van der Waals surface area contributed by atoms with Crippen LogP contribution < -0.4 is 5.56 Å². The van der Waals surface area contributed by atoms with Crippen molar-refractivity contribution < 1.29 is 23.8 Å². The standard InChI is InChI=1S/C23H16F2N4O4/c1-12-20(22(31)29(28-12)15-8-9-17(24)18(25)11-15)27-26-19-7-3-6-16(21(19)30)13-4-2-5-14(10-13)23(32)33/h2-11,28,30H,1H3,(H,32,33). The lowest BCUT2D eigenvalue weighted by molar-refractivity contribution is 0.0697. The summed E-state index contributed by atoms with van der Waals surface area (Å²) in [7, 11) is 0. The highest BCUT2D eigenvalue weighted by Crippen LogP contribution is 2.38. The van der Waals surface area contributed by atoms with Crippen LogP contribution in [0.15, 0.2) is 75.7 Å². The van der Waals surface area contributed by atoms with Gasteiger partial charge in [0, 0.05) is 11.6 Å². The summed E-state index contributed by atoms with van der Waals surface area (Å²) in [6.45, 7) is 1.56. The van der Waals surface area contributed by atoms with E-state index >= 15 is 0 Å². The monoisotopic (exact) mass is 450 g/mol. The number of rotatable bonds is 5. The van der Waals surface area contributed by atoms with E-state index in [0.717, 1.165) is 16.8 Å². The smallest absolute Gasteiger partial charge is 0.335 e. The summed E-state index contributed by atoms with van der Waals surface area (Å²) in [5.41, 5.74) is 0.559. The van der Waals surface area contributed by atoms with Crippen LogP contribution >= 0.6 is 0 Å². The minimum absolute atomic E-state index is 0.0487. The van der Waals surface area contributed by atoms with Gasteiger partial charge in [0.25, 0.3) is 5.56 Å². The second-order valence-electron chi connectivity index (χ2n) is 7.08. The second kappa shape index (κ2) is 8.50. The number of H-pyrrole nitrogens is 1. The lowest BCUT2D eigenvalue weighted by atomic mass is 10.0. The van der Waals surface area contributed by atoms with E-state index in [9.17, 15) is 28.6 Å². The predicted molar refractivity (Wildman–Crippen MR) is 116 cm³/mol. The molecule has 1 aromatic heterocycles. The van der Waals surface area contributed by atoms with Gasteiger partial charge in [-0.3, -0.25) is 9.89 Å². The molecule has 0 unspecified atom stereocenters. The van der Waals surface area contributed by atoms with Crippen molar-refractivity contribution in [3.05, 3.63) is 93.9 Å². The molecule has 8 nitrogen and oxygen atoms in total. The Morgan fingerprint density at radius 1 is 1.00 bits per heavy atom. The van der Waals surface area contributed by atoms with Crippen molar-refractivity contribution in [3.8, 4) is 22.6 Å². The Labute approximate surface area is 185 Å². The van der Waals surface area contributed by atoms with E-state index < -0.39 is 23.2 Å². The predicted octanol–water partition coefficient (Wildman–Crippen LogP) is 5.24. The molecule has 4 rings (SSSR count). The molecule has 0 saturated carbocycles. The molecule has 0 aliphatic carbocycles. The highest BCUT2D eigenvalue weighted by Gasteiger charge is 2.15. The Bertz CT molecular complexity index is 1470. The van der Waals surface area contributed by atoms with Crippen molar-refractivity contribution in [1.82, 2.24) is 9.78 Å². The molecule has 0 radical (unpaired) electrons. The fraction of sp³-hybridized carbons (Fsp3) is 0.0435. The number of halogens is 2. The maximum absolute atomic E-state index is 13.6. The second-order valence-corrected chi connectivity index (χ2v) is 7.08. The van der Waals surface area contributed by atoms with Crippen LogP contribution in [-0.4, -0.2) is 26.0 Å². The molecule has 0 spiro atoms. The van der Waals surface area contributed by atoms with E-state index in [4.69, 9.17) is 0 Å². The molecule has 0 amide bonds. The van der Waals surface area contributed by atoms with E-state index in [-0.39, 0.29) is 28.4 Å². The normalized spacial score (nSPS) is 11.2. The number of benzene rings is 3. The van der Waals surface area contributed by atoms with Crippen molar-refractivity contribution in [2.45, 2.75) is 6.92 Å². The molecule has 166 valence electrons. The fourth-order valence-electron chi connectivity index (χ4n) is 3.23. The summed E-state index contributed by atoms with van der Waals surface area (Å²) in [5, 5.41) is 30.5. The van der Waals surface area contributed by atoms with Crippen LogP contribution in [-0.2, 0) is 0 Å². The lowest BCUT2D eigenvalue weighted by Crippen LogP contribution is -2.14. The van der Waals surface area contributed by atoms with Crippen molar-refractivity contribution in [1.29, 1.82) is 0 Å². The third-order valence-corrected chi connectivity index (χ3v) is 4.89. The number of aryl methyl sites for hydroxylation is 1. The molecule has 0 aliphatic rings. The number of aromatic carboxylic acids is 1. The van der Waals surface area contributed by atoms with E-state index in [1.807, 2.05) is 0 Å². The van der Waals surface area contributed by atoms with Gasteiger partial charge in [0.05, 0.1) is 16.9 Å². The average Bonchev–Trinajstić information content (AvgIpc) is 3.08. The van der Waals surface area contributed by atoms with Gasteiger partial charge in [-0.05, 0) is 42.8 Å². The van der Waals surface area contributed by atoms with Gasteiger partial charge in [0.2, 0.25) is 0 Å². The minimum atomic E-state index is -1.11. The highest BCUT2D eigenvalue weighted by molar-refractivity contribution is 5.90. The Balaban J connectivity index is 1.71. The van der Waals surface area contributed by atoms with Crippen LogP contribution in [0.4, 0.5) is 20.2 Å². The zero-order valence-corrected chi connectivity index (χ0v) is 17.1. The Morgan fingerprint density at radius 3 is 2.48 bits per heavy atom. The third-order valence-electron chi connectivity index (χ3n) is 4.89. The molecular weight excluding hydrogens is 434 g/mol. The van der Waals surface area contributed by atoms with Crippen LogP contribution in [0, 0.1) is 18.6 Å². The number of nitrogens with one attached hydrogen (secondary N) is 1. The summed E-state index contributed by atoms with van der Waals surface area (Å²) in [4.78, 5) is 24.0. The summed E-state index contributed by atoms with van der Waals surface area (Å²) in [5.74, 6) is -3.51. The molecule has 10 heteroatoms. The van der Waals surface area contributed by atoms with E-state index in [1.54, 1.807) is 31.2 Å². The van der Waals surface area contributed by atoms with Crippen LogP contribution in [0.5, 0.6) is 5.75 Å². The number of hydrogen-bond acceptors (Lipinski definition) is 5. The van der Waals surface area contributed by atoms with Crippen LogP contribution in [0.25, 0.3) is 16.8 Å². The number of hydrogen-bond donors (Lipinski definition) is 3. The largest absolute Gasteiger partial charge is 0.505 e. The van der Waals surface area contributed by atoms with Gasteiger partial charge >= 0.3 is 5.97 Å². The third kappa shape index (κ3) is 4.13. The molecule has 0 bridgehead atoms. The first kappa shape index (κ1) is 21.6. The maximum Gasteiger partial charge on any atom is 0.335 e. The number of phenols is 1. The van der Waals surface area contributed by atoms with Gasteiger partial charge in [-0.15, -0.1) is 10.2 Å². The molecular formula is C23H16F2N4O4. The molecule has 1 heterocycles. The fourth-order valence-corrected chi connectivity index (χ4v) is 3.23. The van der Waals surface area contributed by atoms with Crippen molar-refractivity contribution in [2.75, 3.05) is 0 Å². The van der Waals surface area contributed by atoms with E-state index in [2.05, 4.69) is 15.3 Å². The van der Waals surface area contributed by atoms with Gasteiger partial charge < -0.3 is 10.2 Å². The summed E-state index contributed by atoms with van der Waals surface area (Å²) in [6.07, 6.45) is 0. The molecule has 33 heavy (non-hydrogen) atoms. The first-order valence-corrected chi connectivity index (χ1v) is 9.60. The highest BCUT2D eigenvalue weighted by atomic mass is 19.2. The number of para-hydroxylation sites is 1. The van der Waals surface area contributed by atoms with Crippen molar-refractivity contribution in [2.24, 2.45) is 10.2 Å². The number of aromatic hydroxyl groups is 1. The summed E-state index contributed by atoms with van der Waals surface area (Å²) < 4.78 is 27.8. The first-order valence-electron chi connectivity index (χ1n) is 9.60. The molecule has 3 aromatic carbocycles. The molecule has 0 saturated heterocycles. The number of carboxylic acid groups (broad SMARTS) is 1. The van der Waals surface area contributed by atoms with Gasteiger partial charge in [-0.1, -0.05) is 24.3 Å². The van der Waals surface area contributed by atoms with Gasteiger partial charge in [-0.25, -0.2) is 18.3 Å². The summed E-state index contributed by atoms with van der Waals surface area (Å²) in [6, 6.07) is 13.7. The van der Waals surface area contributed by atoms with Crippen LogP contribution in [0.1, 0.15) is 16.1 Å². The molecule has 0 atom stereocenters. The van der Waals surface area contributed by atoms with Crippen LogP contribution in [0.3, 0.4) is 0 Å². The molecule has 0 fully saturated rings.